The number of ether oxygens (including phenoxy) is 2. The first-order chi connectivity index (χ1) is 11.0. The van der Waals surface area contributed by atoms with Crippen molar-refractivity contribution in [2.75, 3.05) is 13.7 Å². The van der Waals surface area contributed by atoms with Gasteiger partial charge in [-0.3, -0.25) is 0 Å². The van der Waals surface area contributed by atoms with E-state index in [0.717, 1.165) is 30.0 Å². The molecule has 2 heterocycles. The second-order valence-corrected chi connectivity index (χ2v) is 6.87. The number of methoxy groups -OCH3 is 1. The fourth-order valence-corrected chi connectivity index (χ4v) is 4.28. The second-order valence-electron chi connectivity index (χ2n) is 6.45. The minimum Gasteiger partial charge on any atom is -0.493 e. The van der Waals surface area contributed by atoms with Gasteiger partial charge < -0.3 is 25.2 Å². The molecular formula is C17H20N2O3S. The lowest BCUT2D eigenvalue weighted by molar-refractivity contribution is 0.0833. The van der Waals surface area contributed by atoms with E-state index in [1.807, 2.05) is 17.0 Å². The molecule has 4 rings (SSSR count). The monoisotopic (exact) mass is 332 g/mol. The summed E-state index contributed by atoms with van der Waals surface area (Å²) < 4.78 is 11.7. The van der Waals surface area contributed by atoms with Gasteiger partial charge >= 0.3 is 0 Å². The highest BCUT2D eigenvalue weighted by atomic mass is 32.1. The van der Waals surface area contributed by atoms with Crippen LogP contribution in [0, 0.1) is 0 Å². The van der Waals surface area contributed by atoms with E-state index in [0.29, 0.717) is 18.1 Å². The zero-order valence-electron chi connectivity index (χ0n) is 13.0. The number of rotatable bonds is 1. The van der Waals surface area contributed by atoms with Crippen molar-refractivity contribution >= 4 is 17.3 Å². The Bertz CT molecular complexity index is 705. The van der Waals surface area contributed by atoms with Crippen molar-refractivity contribution in [2.24, 2.45) is 5.73 Å². The molecule has 3 aliphatic rings. The number of hydrogen-bond acceptors (Lipinski definition) is 4. The highest BCUT2D eigenvalue weighted by molar-refractivity contribution is 7.80. The van der Waals surface area contributed by atoms with E-state index < -0.39 is 6.10 Å². The molecule has 1 spiro atoms. The number of thiocarbonyl (C=S) groups is 1. The van der Waals surface area contributed by atoms with Gasteiger partial charge in [0.05, 0.1) is 18.6 Å². The van der Waals surface area contributed by atoms with Gasteiger partial charge in [-0.2, -0.15) is 0 Å². The molecule has 5 nitrogen and oxygen atoms in total. The molecule has 2 aliphatic heterocycles. The molecule has 6 heteroatoms. The number of aliphatic hydroxyl groups excluding tert-OH is 1. The Morgan fingerprint density at radius 2 is 2.35 bits per heavy atom. The first-order valence-corrected chi connectivity index (χ1v) is 8.25. The fraction of sp³-hybridized carbons (Fsp3) is 0.471. The summed E-state index contributed by atoms with van der Waals surface area (Å²) in [5.41, 5.74) is 7.98. The lowest BCUT2D eigenvalue weighted by Gasteiger charge is -2.35. The third-order valence-electron chi connectivity index (χ3n) is 5.27. The van der Waals surface area contributed by atoms with Crippen LogP contribution in [0.3, 0.4) is 0 Å². The van der Waals surface area contributed by atoms with Crippen LogP contribution >= 0.6 is 12.2 Å². The van der Waals surface area contributed by atoms with Crippen molar-refractivity contribution in [1.29, 1.82) is 0 Å². The Morgan fingerprint density at radius 1 is 1.52 bits per heavy atom. The molecule has 0 aromatic heterocycles. The van der Waals surface area contributed by atoms with Gasteiger partial charge in [-0.1, -0.05) is 18.2 Å². The molecule has 0 saturated heterocycles. The molecular weight excluding hydrogens is 312 g/mol. The summed E-state index contributed by atoms with van der Waals surface area (Å²) >= 11 is 5.20. The molecule has 122 valence electrons. The van der Waals surface area contributed by atoms with Gasteiger partial charge in [-0.15, -0.1) is 0 Å². The summed E-state index contributed by atoms with van der Waals surface area (Å²) in [6.45, 7) is 1.45. The number of nitrogens with zero attached hydrogens (tertiary/aromatic N) is 1. The van der Waals surface area contributed by atoms with Crippen molar-refractivity contribution in [3.63, 3.8) is 0 Å². The number of nitrogens with two attached hydrogens (primary N) is 1. The van der Waals surface area contributed by atoms with Crippen LogP contribution in [0.2, 0.25) is 0 Å². The Labute approximate surface area is 140 Å². The van der Waals surface area contributed by atoms with E-state index >= 15 is 0 Å². The zero-order valence-corrected chi connectivity index (χ0v) is 13.8. The number of benzene rings is 1. The van der Waals surface area contributed by atoms with Crippen molar-refractivity contribution in [3.8, 4) is 11.5 Å². The predicted octanol–water partition coefficient (Wildman–Crippen LogP) is 1.46. The maximum atomic E-state index is 10.0. The summed E-state index contributed by atoms with van der Waals surface area (Å²) in [5.74, 6) is 1.54. The summed E-state index contributed by atoms with van der Waals surface area (Å²) in [5, 5.41) is 10.4. The van der Waals surface area contributed by atoms with Crippen LogP contribution in [0.15, 0.2) is 24.3 Å². The molecule has 0 saturated carbocycles. The molecule has 0 bridgehead atoms. The van der Waals surface area contributed by atoms with Gasteiger partial charge in [0.1, 0.15) is 6.10 Å². The molecule has 0 unspecified atom stereocenters. The van der Waals surface area contributed by atoms with Crippen molar-refractivity contribution < 1.29 is 14.6 Å². The topological polar surface area (TPSA) is 68.0 Å². The Balaban J connectivity index is 1.92. The van der Waals surface area contributed by atoms with Gasteiger partial charge in [-0.05, 0) is 30.3 Å². The second kappa shape index (κ2) is 5.11. The van der Waals surface area contributed by atoms with Crippen molar-refractivity contribution in [2.45, 2.75) is 37.0 Å². The SMILES string of the molecule is COc1ccc2c3c1O[C@H]1C[C@@H](O)C=C[C@@]31CCN(C(N)=S)C2. The third-order valence-corrected chi connectivity index (χ3v) is 5.53. The maximum Gasteiger partial charge on any atom is 0.166 e. The predicted molar refractivity (Wildman–Crippen MR) is 90.7 cm³/mol. The van der Waals surface area contributed by atoms with Crippen molar-refractivity contribution in [1.82, 2.24) is 4.90 Å². The average molecular weight is 332 g/mol. The van der Waals surface area contributed by atoms with Crippen LogP contribution in [-0.4, -0.2) is 41.0 Å². The summed E-state index contributed by atoms with van der Waals surface area (Å²) in [7, 11) is 1.65. The van der Waals surface area contributed by atoms with Gasteiger partial charge in [0.2, 0.25) is 0 Å². The Hall–Kier alpha value is -1.79. The first-order valence-electron chi connectivity index (χ1n) is 7.84. The zero-order chi connectivity index (χ0) is 16.2. The minimum atomic E-state index is -0.468. The van der Waals surface area contributed by atoms with Crippen LogP contribution in [0.5, 0.6) is 11.5 Å². The highest BCUT2D eigenvalue weighted by Crippen LogP contribution is 2.55. The van der Waals surface area contributed by atoms with Crippen LogP contribution in [0.1, 0.15) is 24.0 Å². The molecule has 1 aromatic carbocycles. The molecule has 0 radical (unpaired) electrons. The standard InChI is InChI=1S/C17H20N2O3S/c1-21-12-3-2-10-9-19(16(18)23)7-6-17-5-4-11(20)8-13(17)22-15(12)14(10)17/h2-5,11,13,20H,6-9H2,1H3,(H2,18,23)/t11-,13-,17-/m0/s1. The molecule has 0 amide bonds. The lowest BCUT2D eigenvalue weighted by atomic mass is 9.69. The molecule has 3 atom stereocenters. The van der Waals surface area contributed by atoms with Gasteiger partial charge in [0, 0.05) is 25.1 Å². The third kappa shape index (κ3) is 2.05. The van der Waals surface area contributed by atoms with E-state index in [1.165, 1.54) is 5.56 Å². The fourth-order valence-electron chi connectivity index (χ4n) is 4.12. The molecule has 1 aliphatic carbocycles. The number of aliphatic hydroxyl groups is 1. The van der Waals surface area contributed by atoms with Crippen molar-refractivity contribution in [3.05, 3.63) is 35.4 Å². The smallest absolute Gasteiger partial charge is 0.166 e. The summed E-state index contributed by atoms with van der Waals surface area (Å²) in [6, 6.07) is 4.00. The summed E-state index contributed by atoms with van der Waals surface area (Å²) in [4.78, 5) is 2.03. The quantitative estimate of drug-likeness (QED) is 0.599. The largest absolute Gasteiger partial charge is 0.493 e. The van der Waals surface area contributed by atoms with Crippen LogP contribution in [0.4, 0.5) is 0 Å². The van der Waals surface area contributed by atoms with Crippen LogP contribution in [0.25, 0.3) is 0 Å². The lowest BCUT2D eigenvalue weighted by Crippen LogP contribution is -2.43. The highest BCUT2D eigenvalue weighted by Gasteiger charge is 2.52. The maximum absolute atomic E-state index is 10.0. The summed E-state index contributed by atoms with van der Waals surface area (Å²) in [6.07, 6.45) is 4.88. The van der Waals surface area contributed by atoms with E-state index in [9.17, 15) is 5.11 Å². The normalized spacial score (nSPS) is 31.0. The van der Waals surface area contributed by atoms with Gasteiger partial charge in [-0.25, -0.2) is 0 Å². The molecule has 0 fully saturated rings. The average Bonchev–Trinajstić information content (AvgIpc) is 2.75. The molecule has 23 heavy (non-hydrogen) atoms. The number of hydrogen-bond donors (Lipinski definition) is 2. The van der Waals surface area contributed by atoms with E-state index in [-0.39, 0.29) is 11.5 Å². The first kappa shape index (κ1) is 14.8. The van der Waals surface area contributed by atoms with E-state index in [2.05, 4.69) is 12.1 Å². The van der Waals surface area contributed by atoms with Gasteiger partial charge in [0.25, 0.3) is 0 Å². The molecule has 1 aromatic rings. The Morgan fingerprint density at radius 3 is 3.09 bits per heavy atom. The van der Waals surface area contributed by atoms with Gasteiger partial charge in [0.15, 0.2) is 16.6 Å². The van der Waals surface area contributed by atoms with Crippen LogP contribution < -0.4 is 15.2 Å². The van der Waals surface area contributed by atoms with E-state index in [4.69, 9.17) is 27.4 Å². The Kier molecular flexibility index (Phi) is 3.28. The van der Waals surface area contributed by atoms with Crippen LogP contribution in [-0.2, 0) is 12.0 Å². The minimum absolute atomic E-state index is 0.0844. The molecule has 3 N–H and O–H groups in total. The van der Waals surface area contributed by atoms with E-state index in [1.54, 1.807) is 7.11 Å².